The van der Waals surface area contributed by atoms with Crippen LogP contribution in [0.5, 0.6) is 5.75 Å². The van der Waals surface area contributed by atoms with E-state index in [1.54, 1.807) is 24.3 Å². The molecule has 10 heteroatoms. The Labute approximate surface area is 163 Å². The predicted octanol–water partition coefficient (Wildman–Crippen LogP) is 4.12. The van der Waals surface area contributed by atoms with Crippen LogP contribution in [0.1, 0.15) is 0 Å². The minimum absolute atomic E-state index is 0.177. The predicted molar refractivity (Wildman–Crippen MR) is 97.5 cm³/mol. The van der Waals surface area contributed by atoms with Gasteiger partial charge in [-0.2, -0.15) is 0 Å². The van der Waals surface area contributed by atoms with Gasteiger partial charge in [0, 0.05) is 29.5 Å². The van der Waals surface area contributed by atoms with Crippen molar-refractivity contribution in [2.45, 2.75) is 6.36 Å². The zero-order valence-corrected chi connectivity index (χ0v) is 15.1. The number of ether oxygens (including phenoxy) is 1. The number of alkyl halides is 3. The van der Waals surface area contributed by atoms with E-state index in [-0.39, 0.29) is 18.3 Å². The first-order valence-electron chi connectivity index (χ1n) is 8.19. The lowest BCUT2D eigenvalue weighted by atomic mass is 10.3. The Morgan fingerprint density at radius 3 is 2.32 bits per heavy atom. The van der Waals surface area contributed by atoms with Crippen molar-refractivity contribution >= 4 is 34.9 Å². The average Bonchev–Trinajstić information content (AvgIpc) is 2.97. The molecule has 0 bridgehead atoms. The second kappa shape index (κ2) is 7.97. The third kappa shape index (κ3) is 5.07. The van der Waals surface area contributed by atoms with E-state index in [4.69, 9.17) is 11.6 Å². The smallest absolute Gasteiger partial charge is 0.406 e. The Bertz CT molecular complexity index is 857. The van der Waals surface area contributed by atoms with Crippen molar-refractivity contribution in [3.8, 4) is 5.75 Å². The van der Waals surface area contributed by atoms with Gasteiger partial charge in [0.05, 0.1) is 0 Å². The van der Waals surface area contributed by atoms with Crippen LogP contribution in [0.4, 0.5) is 29.3 Å². The Balaban J connectivity index is 1.55. The third-order valence-corrected chi connectivity index (χ3v) is 4.19. The first-order valence-corrected chi connectivity index (χ1v) is 8.57. The second-order valence-electron chi connectivity index (χ2n) is 5.95. The number of nitrogens with one attached hydrogen (secondary N) is 1. The Kier molecular flexibility index (Phi) is 5.64. The van der Waals surface area contributed by atoms with E-state index in [0.717, 1.165) is 12.1 Å². The van der Waals surface area contributed by atoms with E-state index in [1.165, 1.54) is 21.9 Å². The maximum atomic E-state index is 12.5. The molecule has 1 saturated heterocycles. The number of hydrogen-bond donors (Lipinski definition) is 1. The van der Waals surface area contributed by atoms with Gasteiger partial charge in [-0.05, 0) is 48.5 Å². The lowest BCUT2D eigenvalue weighted by Crippen LogP contribution is -2.37. The van der Waals surface area contributed by atoms with E-state index in [9.17, 15) is 22.8 Å². The third-order valence-electron chi connectivity index (χ3n) is 3.94. The first-order chi connectivity index (χ1) is 13.2. The first kappa shape index (κ1) is 19.8. The molecule has 0 unspecified atom stereocenters. The zero-order valence-electron chi connectivity index (χ0n) is 14.4. The molecule has 0 atom stereocenters. The normalized spacial score (nSPS) is 14.4. The summed E-state index contributed by atoms with van der Waals surface area (Å²) in [5.41, 5.74) is 0.971. The lowest BCUT2D eigenvalue weighted by Gasteiger charge is -2.18. The quantitative estimate of drug-likeness (QED) is 0.802. The fourth-order valence-electron chi connectivity index (χ4n) is 2.70. The van der Waals surface area contributed by atoms with Crippen LogP contribution in [-0.4, -0.2) is 42.8 Å². The van der Waals surface area contributed by atoms with E-state index in [1.807, 2.05) is 0 Å². The minimum atomic E-state index is -4.78. The average molecular weight is 414 g/mol. The van der Waals surface area contributed by atoms with Crippen LogP contribution in [0.25, 0.3) is 0 Å². The second-order valence-corrected chi connectivity index (χ2v) is 6.39. The van der Waals surface area contributed by atoms with Crippen molar-refractivity contribution in [3.63, 3.8) is 0 Å². The van der Waals surface area contributed by atoms with Gasteiger partial charge >= 0.3 is 12.4 Å². The maximum Gasteiger partial charge on any atom is 0.573 e. The zero-order chi connectivity index (χ0) is 20.3. The number of nitrogens with zero attached hydrogens (tertiary/aromatic N) is 2. The van der Waals surface area contributed by atoms with Crippen LogP contribution in [-0.2, 0) is 4.79 Å². The molecule has 0 saturated carbocycles. The molecule has 0 spiro atoms. The number of rotatable bonds is 5. The van der Waals surface area contributed by atoms with Crippen LogP contribution in [0.3, 0.4) is 0 Å². The van der Waals surface area contributed by atoms with E-state index in [2.05, 4.69) is 10.1 Å². The van der Waals surface area contributed by atoms with E-state index in [0.29, 0.717) is 29.5 Å². The van der Waals surface area contributed by atoms with Gasteiger partial charge in [-0.25, -0.2) is 4.79 Å². The highest BCUT2D eigenvalue weighted by Crippen LogP contribution is 2.24. The summed E-state index contributed by atoms with van der Waals surface area (Å²) in [7, 11) is 0. The fraction of sp³-hybridized carbons (Fsp3) is 0.222. The number of anilines is 2. The Hall–Kier alpha value is -2.94. The van der Waals surface area contributed by atoms with Crippen molar-refractivity contribution in [2.75, 3.05) is 29.9 Å². The molecular weight excluding hydrogens is 399 g/mol. The van der Waals surface area contributed by atoms with Crippen LogP contribution < -0.4 is 15.0 Å². The molecule has 1 N–H and O–H groups in total. The largest absolute Gasteiger partial charge is 0.573 e. The van der Waals surface area contributed by atoms with Gasteiger partial charge in [0.1, 0.15) is 12.3 Å². The highest BCUT2D eigenvalue weighted by atomic mass is 35.5. The molecule has 3 amide bonds. The summed E-state index contributed by atoms with van der Waals surface area (Å²) in [5, 5.41) is 3.09. The number of carbonyl (C=O) groups excluding carboxylic acids is 2. The fourth-order valence-corrected chi connectivity index (χ4v) is 2.83. The molecule has 1 aliphatic rings. The van der Waals surface area contributed by atoms with Gasteiger partial charge in [0.25, 0.3) is 0 Å². The summed E-state index contributed by atoms with van der Waals surface area (Å²) < 4.78 is 40.2. The standard InChI is InChI=1S/C18H15ClF3N3O3/c19-12-1-5-14(6-2-12)25-10-9-24(17(25)27)11-16(26)23-13-3-7-15(8-4-13)28-18(20,21)22/h1-8H,9-11H2,(H,23,26). The SMILES string of the molecule is O=C(CN1CCN(c2ccc(Cl)cc2)C1=O)Nc1ccc(OC(F)(F)F)cc1. The van der Waals surface area contributed by atoms with Crippen molar-refractivity contribution in [2.24, 2.45) is 0 Å². The molecule has 0 aliphatic carbocycles. The van der Waals surface area contributed by atoms with Crippen LogP contribution in [0, 0.1) is 0 Å². The van der Waals surface area contributed by atoms with E-state index >= 15 is 0 Å². The van der Waals surface area contributed by atoms with Crippen LogP contribution in [0.15, 0.2) is 48.5 Å². The molecule has 6 nitrogen and oxygen atoms in total. The van der Waals surface area contributed by atoms with Crippen LogP contribution in [0.2, 0.25) is 5.02 Å². The summed E-state index contributed by atoms with van der Waals surface area (Å²) in [6, 6.07) is 11.2. The van der Waals surface area contributed by atoms with Gasteiger partial charge in [-0.3, -0.25) is 9.69 Å². The molecular formula is C18H15ClF3N3O3. The number of hydrogen-bond acceptors (Lipinski definition) is 3. The Morgan fingerprint density at radius 2 is 1.71 bits per heavy atom. The van der Waals surface area contributed by atoms with E-state index < -0.39 is 12.3 Å². The summed E-state index contributed by atoms with van der Waals surface area (Å²) >= 11 is 5.84. The van der Waals surface area contributed by atoms with Crippen molar-refractivity contribution in [1.82, 2.24) is 4.90 Å². The van der Waals surface area contributed by atoms with Gasteiger partial charge < -0.3 is 15.0 Å². The number of amides is 3. The summed E-state index contributed by atoms with van der Waals surface area (Å²) in [4.78, 5) is 27.6. The molecule has 2 aromatic carbocycles. The molecule has 2 aromatic rings. The number of halogens is 4. The summed E-state index contributed by atoms with van der Waals surface area (Å²) in [6.45, 7) is 0.619. The summed E-state index contributed by atoms with van der Waals surface area (Å²) in [5.74, 6) is -0.852. The van der Waals surface area contributed by atoms with Gasteiger partial charge in [0.15, 0.2) is 0 Å². The van der Waals surface area contributed by atoms with Crippen molar-refractivity contribution in [1.29, 1.82) is 0 Å². The number of benzene rings is 2. The molecule has 1 fully saturated rings. The van der Waals surface area contributed by atoms with Crippen LogP contribution >= 0.6 is 11.6 Å². The molecule has 1 aliphatic heterocycles. The number of carbonyl (C=O) groups is 2. The molecule has 1 heterocycles. The highest BCUT2D eigenvalue weighted by Gasteiger charge is 2.32. The molecule has 148 valence electrons. The molecule has 0 radical (unpaired) electrons. The lowest BCUT2D eigenvalue weighted by molar-refractivity contribution is -0.274. The number of urea groups is 1. The Morgan fingerprint density at radius 1 is 1.07 bits per heavy atom. The topological polar surface area (TPSA) is 61.9 Å². The van der Waals surface area contributed by atoms with Crippen molar-refractivity contribution in [3.05, 3.63) is 53.6 Å². The van der Waals surface area contributed by atoms with Gasteiger partial charge in [-0.15, -0.1) is 13.2 Å². The monoisotopic (exact) mass is 413 g/mol. The van der Waals surface area contributed by atoms with Gasteiger partial charge in [-0.1, -0.05) is 11.6 Å². The highest BCUT2D eigenvalue weighted by molar-refractivity contribution is 6.30. The molecule has 28 heavy (non-hydrogen) atoms. The molecule has 0 aromatic heterocycles. The summed E-state index contributed by atoms with van der Waals surface area (Å²) in [6.07, 6.45) is -4.78. The minimum Gasteiger partial charge on any atom is -0.406 e. The maximum absolute atomic E-state index is 12.5. The van der Waals surface area contributed by atoms with Gasteiger partial charge in [0.2, 0.25) is 5.91 Å². The molecule has 3 rings (SSSR count). The van der Waals surface area contributed by atoms with Crippen molar-refractivity contribution < 1.29 is 27.5 Å².